The second kappa shape index (κ2) is 9.97. The summed E-state index contributed by atoms with van der Waals surface area (Å²) in [6.07, 6.45) is 0.719. The van der Waals surface area contributed by atoms with Gasteiger partial charge in [0, 0.05) is 16.5 Å². The Morgan fingerprint density at radius 1 is 1.08 bits per heavy atom. The molecule has 0 saturated heterocycles. The SMILES string of the molecule is CCC(=C=C1Oc2ccc3ccccc3c2N1CS(=O)(=O)O)Cc1sc2ccc(Cl)cc2[n+]1CS(=O)(=O)O. The number of thiazole rings is 1. The molecule has 5 rings (SSSR count). The molecule has 1 aliphatic rings. The summed E-state index contributed by atoms with van der Waals surface area (Å²) in [5, 5.41) is 2.65. The average Bonchev–Trinajstić information content (AvgIpc) is 3.34. The molecule has 1 aliphatic heterocycles. The van der Waals surface area contributed by atoms with Gasteiger partial charge in [-0.2, -0.15) is 21.4 Å². The normalized spacial score (nSPS) is 13.6. The highest BCUT2D eigenvalue weighted by atomic mass is 35.5. The van der Waals surface area contributed by atoms with E-state index in [4.69, 9.17) is 16.3 Å². The fraction of sp³-hybridized carbons (Fsp3) is 0.200. The van der Waals surface area contributed by atoms with E-state index in [1.165, 1.54) is 20.8 Å². The molecule has 0 atom stereocenters. The lowest BCUT2D eigenvalue weighted by Crippen LogP contribution is -2.40. The minimum absolute atomic E-state index is 0.0938. The fourth-order valence-corrected chi connectivity index (χ4v) is 6.99. The van der Waals surface area contributed by atoms with Crippen molar-refractivity contribution in [2.75, 3.05) is 10.8 Å². The van der Waals surface area contributed by atoms with Gasteiger partial charge in [-0.15, -0.1) is 0 Å². The predicted molar refractivity (Wildman–Crippen MR) is 147 cm³/mol. The fourth-order valence-electron chi connectivity index (χ4n) is 4.37. The van der Waals surface area contributed by atoms with Crippen LogP contribution >= 0.6 is 22.9 Å². The molecule has 198 valence electrons. The molecule has 0 aliphatic carbocycles. The predicted octanol–water partition coefficient (Wildman–Crippen LogP) is 4.90. The summed E-state index contributed by atoms with van der Waals surface area (Å²) in [5.74, 6) is -0.879. The molecule has 3 aromatic carbocycles. The van der Waals surface area contributed by atoms with Crippen LogP contribution in [-0.2, 0) is 32.5 Å². The minimum Gasteiger partial charge on any atom is -0.432 e. The third kappa shape index (κ3) is 5.57. The van der Waals surface area contributed by atoms with Crippen molar-refractivity contribution in [1.82, 2.24) is 0 Å². The molecule has 0 radical (unpaired) electrons. The number of fused-ring (bicyclic) bond motifs is 4. The van der Waals surface area contributed by atoms with E-state index in [1.807, 2.05) is 37.3 Å². The summed E-state index contributed by atoms with van der Waals surface area (Å²) in [6.45, 7) is 1.88. The van der Waals surface area contributed by atoms with Gasteiger partial charge in [-0.25, -0.2) is 0 Å². The number of anilines is 1. The van der Waals surface area contributed by atoms with Crippen LogP contribution in [0.2, 0.25) is 5.02 Å². The second-order valence-electron chi connectivity index (χ2n) is 8.69. The first-order chi connectivity index (χ1) is 17.9. The van der Waals surface area contributed by atoms with Crippen LogP contribution in [0, 0.1) is 0 Å². The molecule has 13 heteroatoms. The lowest BCUT2D eigenvalue weighted by atomic mass is 10.1. The quantitative estimate of drug-likeness (QED) is 0.176. The maximum atomic E-state index is 11.9. The Hall–Kier alpha value is -2.96. The molecule has 0 unspecified atom stereocenters. The molecule has 0 bridgehead atoms. The number of rotatable bonds is 7. The average molecular weight is 594 g/mol. The number of aromatic nitrogens is 1. The largest absolute Gasteiger partial charge is 0.432 e. The highest BCUT2D eigenvalue weighted by Crippen LogP contribution is 2.44. The number of hydrogen-bond acceptors (Lipinski definition) is 7. The van der Waals surface area contributed by atoms with Crippen LogP contribution in [0.4, 0.5) is 5.69 Å². The highest BCUT2D eigenvalue weighted by Gasteiger charge is 2.32. The topological polar surface area (TPSA) is 125 Å². The third-order valence-corrected chi connectivity index (χ3v) is 8.56. The molecule has 0 spiro atoms. The molecule has 4 aromatic rings. The molecule has 0 amide bonds. The van der Waals surface area contributed by atoms with Crippen LogP contribution in [0.15, 0.2) is 71.8 Å². The van der Waals surface area contributed by atoms with Crippen LogP contribution < -0.4 is 14.2 Å². The lowest BCUT2D eigenvalue weighted by molar-refractivity contribution is -0.654. The van der Waals surface area contributed by atoms with Gasteiger partial charge >= 0.3 is 10.1 Å². The van der Waals surface area contributed by atoms with Gasteiger partial charge in [0.15, 0.2) is 11.6 Å². The van der Waals surface area contributed by atoms with Crippen molar-refractivity contribution < 1.29 is 35.2 Å². The van der Waals surface area contributed by atoms with Gasteiger partial charge in [-0.05, 0) is 35.6 Å². The number of hydrogen-bond donors (Lipinski definition) is 2. The molecule has 2 heterocycles. The van der Waals surface area contributed by atoms with Crippen molar-refractivity contribution in [2.45, 2.75) is 25.6 Å². The Balaban J connectivity index is 1.65. The van der Waals surface area contributed by atoms with E-state index in [9.17, 15) is 25.9 Å². The van der Waals surface area contributed by atoms with Crippen LogP contribution in [0.3, 0.4) is 0 Å². The maximum Gasteiger partial charge on any atom is 0.326 e. The Bertz CT molecular complexity index is 1880. The van der Waals surface area contributed by atoms with E-state index in [1.54, 1.807) is 24.3 Å². The molecule has 1 aromatic heterocycles. The summed E-state index contributed by atoms with van der Waals surface area (Å²) < 4.78 is 75.0. The summed E-state index contributed by atoms with van der Waals surface area (Å²) in [6, 6.07) is 16.1. The van der Waals surface area contributed by atoms with Crippen molar-refractivity contribution in [2.24, 2.45) is 0 Å². The van der Waals surface area contributed by atoms with E-state index in [-0.39, 0.29) is 12.3 Å². The van der Waals surface area contributed by atoms with E-state index >= 15 is 0 Å². The van der Waals surface area contributed by atoms with Crippen molar-refractivity contribution in [3.63, 3.8) is 0 Å². The smallest absolute Gasteiger partial charge is 0.326 e. The van der Waals surface area contributed by atoms with Crippen molar-refractivity contribution >= 4 is 69.9 Å². The molecular weight excluding hydrogens is 572 g/mol. The Morgan fingerprint density at radius 3 is 2.55 bits per heavy atom. The van der Waals surface area contributed by atoms with Gasteiger partial charge < -0.3 is 4.74 Å². The van der Waals surface area contributed by atoms with Gasteiger partial charge in [0.25, 0.3) is 16.0 Å². The number of halogens is 1. The number of benzene rings is 3. The Morgan fingerprint density at radius 2 is 1.84 bits per heavy atom. The Kier molecular flexibility index (Phi) is 6.99. The molecule has 2 N–H and O–H groups in total. The summed E-state index contributed by atoms with van der Waals surface area (Å²) in [7, 11) is -8.80. The lowest BCUT2D eigenvalue weighted by Gasteiger charge is -2.16. The zero-order chi connectivity index (χ0) is 27.2. The van der Waals surface area contributed by atoms with Crippen molar-refractivity contribution in [1.29, 1.82) is 0 Å². The van der Waals surface area contributed by atoms with Gasteiger partial charge in [0.2, 0.25) is 16.4 Å². The van der Waals surface area contributed by atoms with Gasteiger partial charge in [-0.1, -0.05) is 65.9 Å². The van der Waals surface area contributed by atoms with E-state index in [0.29, 0.717) is 39.0 Å². The summed E-state index contributed by atoms with van der Waals surface area (Å²) in [5.41, 5.74) is 4.90. The van der Waals surface area contributed by atoms with Crippen LogP contribution in [-0.4, -0.2) is 31.8 Å². The number of ether oxygens (including phenoxy) is 1. The van der Waals surface area contributed by atoms with E-state index in [2.05, 4.69) is 5.73 Å². The minimum atomic E-state index is -4.43. The second-order valence-corrected chi connectivity index (χ2v) is 13.1. The standard InChI is InChI=1S/C25H21ClN2O7S3/c1-2-16(12-24-27(14-37(29,30)31)20-13-18(26)8-10-22(20)36-24)11-23-28(15-38(32,33)34)25-19-6-4-3-5-17(19)7-9-21(25)35-23/h3-10,13H,2,12,14-15H2,1H3,(H-,29,30,31,32,33,34)/p+1. The van der Waals surface area contributed by atoms with Crippen LogP contribution in [0.25, 0.3) is 21.0 Å². The maximum absolute atomic E-state index is 11.9. The number of nitrogens with zero attached hydrogens (tertiary/aromatic N) is 2. The third-order valence-electron chi connectivity index (χ3n) is 5.99. The molecule has 38 heavy (non-hydrogen) atoms. The van der Waals surface area contributed by atoms with Crippen molar-refractivity contribution in [3.05, 3.63) is 81.8 Å². The first-order valence-corrected chi connectivity index (χ1v) is 15.8. The number of allylic oxidation sites excluding steroid dienone is 1. The first-order valence-electron chi connectivity index (χ1n) is 11.4. The molecule has 0 saturated carbocycles. The summed E-state index contributed by atoms with van der Waals surface area (Å²) in [4.78, 5) is 1.36. The van der Waals surface area contributed by atoms with E-state index < -0.39 is 32.0 Å². The molecule has 0 fully saturated rings. The zero-order valence-corrected chi connectivity index (χ0v) is 23.2. The van der Waals surface area contributed by atoms with Crippen molar-refractivity contribution in [3.8, 4) is 5.75 Å². The first kappa shape index (κ1) is 26.6. The monoisotopic (exact) mass is 593 g/mol. The Labute approximate surface area is 228 Å². The van der Waals surface area contributed by atoms with Gasteiger partial charge in [0.05, 0.1) is 12.1 Å². The highest BCUT2D eigenvalue weighted by molar-refractivity contribution is 7.85. The van der Waals surface area contributed by atoms with Gasteiger partial charge in [-0.3, -0.25) is 14.0 Å². The van der Waals surface area contributed by atoms with Crippen LogP contribution in [0.1, 0.15) is 18.4 Å². The molecule has 9 nitrogen and oxygen atoms in total. The van der Waals surface area contributed by atoms with Gasteiger partial charge in [0.1, 0.15) is 4.70 Å². The molecular formula is C25H22ClN2O7S3+. The summed E-state index contributed by atoms with van der Waals surface area (Å²) >= 11 is 7.48. The van der Waals surface area contributed by atoms with Crippen LogP contribution in [0.5, 0.6) is 5.75 Å². The zero-order valence-electron chi connectivity index (χ0n) is 20.0. The van der Waals surface area contributed by atoms with E-state index in [0.717, 1.165) is 15.5 Å².